The molecule has 3 N–H and O–H groups in total. The van der Waals surface area contributed by atoms with Gasteiger partial charge in [0.15, 0.2) is 5.65 Å². The van der Waals surface area contributed by atoms with E-state index in [1.807, 2.05) is 54.6 Å². The maximum atomic E-state index is 12.6. The molecule has 0 spiro atoms. The van der Waals surface area contributed by atoms with Crippen LogP contribution in [0.4, 0.5) is 11.5 Å². The van der Waals surface area contributed by atoms with Gasteiger partial charge < -0.3 is 10.8 Å². The number of fused-ring (bicyclic) bond motifs is 1. The van der Waals surface area contributed by atoms with Crippen LogP contribution in [0.1, 0.15) is 5.56 Å². The number of nitrogens with two attached hydrogens (primary N) is 1. The Balaban J connectivity index is 1.73. The van der Waals surface area contributed by atoms with E-state index in [0.29, 0.717) is 35.6 Å². The molecule has 2 heterocycles. The van der Waals surface area contributed by atoms with Gasteiger partial charge in [0.1, 0.15) is 28.8 Å². The summed E-state index contributed by atoms with van der Waals surface area (Å²) < 4.78 is 16.1. The van der Waals surface area contributed by atoms with Crippen LogP contribution in [0.15, 0.2) is 72.9 Å². The molecule has 2 aromatic carbocycles. The van der Waals surface area contributed by atoms with Crippen molar-refractivity contribution in [1.82, 2.24) is 19.7 Å². The van der Waals surface area contributed by atoms with Crippen molar-refractivity contribution in [3.05, 3.63) is 78.5 Å². The average Bonchev–Trinajstić information content (AvgIpc) is 3.20. The van der Waals surface area contributed by atoms with Crippen molar-refractivity contribution in [2.45, 2.75) is 13.2 Å². The molecule has 1 atom stereocenters. The molecule has 0 saturated carbocycles. The lowest BCUT2D eigenvalue weighted by atomic mass is 10.1. The molecule has 0 aliphatic heterocycles. The minimum absolute atomic E-state index is 0.0716. The molecule has 1 unspecified atom stereocenters. The van der Waals surface area contributed by atoms with Crippen molar-refractivity contribution >= 4 is 33.5 Å². The highest BCUT2D eigenvalue weighted by Crippen LogP contribution is 2.30. The molecule has 8 nitrogen and oxygen atoms in total. The topological polar surface area (TPSA) is 110 Å². The van der Waals surface area contributed by atoms with Crippen LogP contribution in [0, 0.1) is 0 Å². The summed E-state index contributed by atoms with van der Waals surface area (Å²) in [5, 5.41) is 16.3. The van der Waals surface area contributed by atoms with E-state index in [4.69, 9.17) is 10.8 Å². The van der Waals surface area contributed by atoms with Crippen LogP contribution in [0.3, 0.4) is 0 Å². The Morgan fingerprint density at radius 2 is 1.97 bits per heavy atom. The molecule has 0 aliphatic rings. The lowest BCUT2D eigenvalue weighted by Crippen LogP contribution is -2.28. The number of aromatic nitrogens is 4. The summed E-state index contributed by atoms with van der Waals surface area (Å²) in [4.78, 5) is 8.52. The van der Waals surface area contributed by atoms with Gasteiger partial charge >= 0.3 is 0 Å². The molecule has 0 radical (unpaired) electrons. The summed E-state index contributed by atoms with van der Waals surface area (Å²) in [6.07, 6.45) is 1.40. The molecular formula is C22H22N6O2S. The fourth-order valence-electron chi connectivity index (χ4n) is 3.40. The molecule has 0 bridgehead atoms. The molecule has 0 aliphatic carbocycles. The van der Waals surface area contributed by atoms with E-state index in [2.05, 4.69) is 16.5 Å². The van der Waals surface area contributed by atoms with Crippen LogP contribution in [-0.2, 0) is 24.1 Å². The number of para-hydroxylation sites is 1. The fraction of sp³-hybridized carbons (Fsp3) is 0.136. The number of nitrogens with zero attached hydrogens (tertiary/aromatic N) is 5. The lowest BCUT2D eigenvalue weighted by Gasteiger charge is -2.21. The second-order valence-corrected chi connectivity index (χ2v) is 8.09. The monoisotopic (exact) mass is 434 g/mol. The van der Waals surface area contributed by atoms with Gasteiger partial charge in [-0.2, -0.15) is 5.10 Å². The zero-order valence-electron chi connectivity index (χ0n) is 16.8. The number of nitrogen functional groups attached to an aromatic ring is 1. The molecule has 0 saturated heterocycles. The molecule has 158 valence electrons. The van der Waals surface area contributed by atoms with E-state index in [1.165, 1.54) is 11.7 Å². The summed E-state index contributed by atoms with van der Waals surface area (Å²) in [5.74, 6) is 0.329. The van der Waals surface area contributed by atoms with Gasteiger partial charge in [0.25, 0.3) is 0 Å². The fourth-order valence-corrected chi connectivity index (χ4v) is 4.17. The van der Waals surface area contributed by atoms with E-state index in [9.17, 15) is 9.32 Å². The van der Waals surface area contributed by atoms with Crippen LogP contribution < -0.4 is 10.0 Å². The third kappa shape index (κ3) is 4.18. The lowest BCUT2D eigenvalue weighted by molar-refractivity contribution is 0.282. The highest BCUT2D eigenvalue weighted by Gasteiger charge is 2.19. The first-order valence-electron chi connectivity index (χ1n) is 9.65. The van der Waals surface area contributed by atoms with Gasteiger partial charge in [-0.15, -0.1) is 0 Å². The third-order valence-corrected chi connectivity index (χ3v) is 5.97. The van der Waals surface area contributed by atoms with Crippen molar-refractivity contribution in [2.75, 3.05) is 16.6 Å². The van der Waals surface area contributed by atoms with Crippen LogP contribution >= 0.6 is 0 Å². The maximum Gasteiger partial charge on any atom is 0.164 e. The predicted octanol–water partition coefficient (Wildman–Crippen LogP) is 2.88. The molecule has 4 aromatic rings. The Labute approximate surface area is 182 Å². The number of anilines is 2. The molecule has 4 rings (SSSR count). The summed E-state index contributed by atoms with van der Waals surface area (Å²) in [6, 6.07) is 17.0. The zero-order valence-corrected chi connectivity index (χ0v) is 17.6. The minimum Gasteiger partial charge on any atom is -0.392 e. The quantitative estimate of drug-likeness (QED) is 0.441. The zero-order chi connectivity index (χ0) is 21.8. The first-order chi connectivity index (χ1) is 15.1. The Morgan fingerprint density at radius 1 is 1.16 bits per heavy atom. The van der Waals surface area contributed by atoms with Gasteiger partial charge in [-0.1, -0.05) is 43.0 Å². The summed E-state index contributed by atoms with van der Waals surface area (Å²) in [7, 11) is -1.39. The Bertz CT molecular complexity index is 1240. The van der Waals surface area contributed by atoms with Crippen molar-refractivity contribution < 1.29 is 9.32 Å². The summed E-state index contributed by atoms with van der Waals surface area (Å²) in [5.41, 5.74) is 9.80. The van der Waals surface area contributed by atoms with Crippen LogP contribution in [0.2, 0.25) is 0 Å². The summed E-state index contributed by atoms with van der Waals surface area (Å²) in [6.45, 7) is 4.42. The average molecular weight is 435 g/mol. The Hall–Kier alpha value is -3.56. The standard InChI is InChI=1S/C22H22N6O2S/c1-2-31(30)28(18-9-4-3-5-10-18)12-11-27-22-19(21(23)24-15-25-22)20(26-27)17-8-6-7-16(13-17)14-29/h2-10,13,15,29H,1,11-12,14H2,(H2,23,24,25). The van der Waals surface area contributed by atoms with E-state index >= 15 is 0 Å². The van der Waals surface area contributed by atoms with Crippen LogP contribution in [0.25, 0.3) is 22.3 Å². The van der Waals surface area contributed by atoms with E-state index in [0.717, 1.165) is 16.8 Å². The largest absolute Gasteiger partial charge is 0.392 e. The van der Waals surface area contributed by atoms with E-state index in [-0.39, 0.29) is 6.61 Å². The second kappa shape index (κ2) is 9.07. The maximum absolute atomic E-state index is 12.6. The normalized spacial score (nSPS) is 12.0. The van der Waals surface area contributed by atoms with Gasteiger partial charge in [0.2, 0.25) is 0 Å². The minimum atomic E-state index is -1.39. The number of rotatable bonds is 8. The predicted molar refractivity (Wildman–Crippen MR) is 123 cm³/mol. The molecular weight excluding hydrogens is 412 g/mol. The van der Waals surface area contributed by atoms with Gasteiger partial charge in [-0.05, 0) is 23.8 Å². The number of benzene rings is 2. The van der Waals surface area contributed by atoms with Crippen LogP contribution in [0.5, 0.6) is 0 Å². The van der Waals surface area contributed by atoms with Crippen molar-refractivity contribution in [3.8, 4) is 11.3 Å². The van der Waals surface area contributed by atoms with Crippen molar-refractivity contribution in [1.29, 1.82) is 0 Å². The first-order valence-corrected chi connectivity index (χ1v) is 10.8. The SMILES string of the molecule is C=CS(=O)N(CCn1nc(-c2cccc(CO)c2)c2c(N)ncnc21)c1ccccc1. The van der Waals surface area contributed by atoms with Crippen molar-refractivity contribution in [2.24, 2.45) is 0 Å². The molecule has 31 heavy (non-hydrogen) atoms. The van der Waals surface area contributed by atoms with Gasteiger partial charge in [-0.3, -0.25) is 4.31 Å². The highest BCUT2D eigenvalue weighted by molar-refractivity contribution is 7.89. The van der Waals surface area contributed by atoms with E-state index < -0.39 is 11.0 Å². The number of aliphatic hydroxyl groups is 1. The molecule has 0 fully saturated rings. The third-order valence-electron chi connectivity index (χ3n) is 4.86. The van der Waals surface area contributed by atoms with Crippen molar-refractivity contribution in [3.63, 3.8) is 0 Å². The van der Waals surface area contributed by atoms with E-state index in [1.54, 1.807) is 8.99 Å². The van der Waals surface area contributed by atoms with Gasteiger partial charge in [0, 0.05) is 16.7 Å². The summed E-state index contributed by atoms with van der Waals surface area (Å²) >= 11 is 0. The second-order valence-electron chi connectivity index (χ2n) is 6.77. The number of aliphatic hydroxyl groups excluding tert-OH is 1. The molecule has 9 heteroatoms. The number of hydrogen-bond acceptors (Lipinski definition) is 6. The van der Waals surface area contributed by atoms with Crippen LogP contribution in [-0.4, -0.2) is 35.6 Å². The molecule has 0 amide bonds. The first kappa shape index (κ1) is 20.7. The van der Waals surface area contributed by atoms with Gasteiger partial charge in [-0.25, -0.2) is 18.9 Å². The number of hydrogen-bond donors (Lipinski definition) is 2. The smallest absolute Gasteiger partial charge is 0.164 e. The Kier molecular flexibility index (Phi) is 6.06. The Morgan fingerprint density at radius 3 is 2.71 bits per heavy atom. The highest BCUT2D eigenvalue weighted by atomic mass is 32.2. The molecule has 2 aromatic heterocycles. The van der Waals surface area contributed by atoms with Gasteiger partial charge in [0.05, 0.1) is 25.1 Å².